The van der Waals surface area contributed by atoms with Gasteiger partial charge in [-0.2, -0.15) is 0 Å². The van der Waals surface area contributed by atoms with E-state index in [0.717, 1.165) is 63.5 Å². The molecule has 0 aromatic heterocycles. The van der Waals surface area contributed by atoms with E-state index in [-0.39, 0.29) is 5.92 Å². The van der Waals surface area contributed by atoms with Gasteiger partial charge in [-0.05, 0) is 99.7 Å². The first-order chi connectivity index (χ1) is 15.6. The summed E-state index contributed by atoms with van der Waals surface area (Å²) < 4.78 is 36.2. The summed E-state index contributed by atoms with van der Waals surface area (Å²) >= 11 is 0. The van der Waals surface area contributed by atoms with Crippen molar-refractivity contribution in [2.75, 3.05) is 6.61 Å². The van der Waals surface area contributed by atoms with Crippen LogP contribution in [0.25, 0.3) is 11.1 Å². The van der Waals surface area contributed by atoms with E-state index in [4.69, 9.17) is 4.74 Å². The van der Waals surface area contributed by atoms with Gasteiger partial charge in [0.25, 0.3) is 0 Å². The minimum Gasteiger partial charge on any atom is -0.378 e. The van der Waals surface area contributed by atoms with Crippen LogP contribution in [-0.4, -0.2) is 12.7 Å². The van der Waals surface area contributed by atoms with Crippen molar-refractivity contribution in [3.8, 4) is 11.1 Å². The summed E-state index contributed by atoms with van der Waals surface area (Å²) in [6, 6.07) is 11.5. The van der Waals surface area contributed by atoms with Crippen molar-refractivity contribution in [2.24, 2.45) is 11.8 Å². The van der Waals surface area contributed by atoms with E-state index in [1.807, 2.05) is 43.3 Å². The molecule has 0 amide bonds. The monoisotopic (exact) mass is 438 g/mol. The highest BCUT2D eigenvalue weighted by Crippen LogP contribution is 2.47. The molecule has 4 unspecified atom stereocenters. The molecule has 0 spiro atoms. The van der Waals surface area contributed by atoms with E-state index >= 15 is 8.78 Å². The SMILES string of the molecule is C/C=C/CCc1ccc(-c2ccc(C3CCC4CC(OCC)CCC4C3)c(F)c2F)cc1. The maximum atomic E-state index is 15.2. The fourth-order valence-electron chi connectivity index (χ4n) is 5.89. The molecule has 0 saturated heterocycles. The lowest BCUT2D eigenvalue weighted by molar-refractivity contribution is -0.00970. The molecular formula is C29H36F2O. The molecule has 2 aliphatic carbocycles. The molecule has 0 N–H and O–H groups in total. The van der Waals surface area contributed by atoms with Crippen LogP contribution in [0.2, 0.25) is 0 Å². The van der Waals surface area contributed by atoms with Crippen molar-refractivity contribution >= 4 is 0 Å². The summed E-state index contributed by atoms with van der Waals surface area (Å²) in [4.78, 5) is 0. The molecule has 4 rings (SSSR count). The summed E-state index contributed by atoms with van der Waals surface area (Å²) in [6.07, 6.45) is 12.9. The Hall–Kier alpha value is -2.00. The second kappa shape index (κ2) is 10.7. The van der Waals surface area contributed by atoms with Crippen molar-refractivity contribution in [3.63, 3.8) is 0 Å². The molecule has 3 heteroatoms. The fourth-order valence-corrected chi connectivity index (χ4v) is 5.89. The predicted octanol–water partition coefficient (Wildman–Crippen LogP) is 8.23. The Morgan fingerprint density at radius 1 is 0.906 bits per heavy atom. The zero-order valence-corrected chi connectivity index (χ0v) is 19.5. The lowest BCUT2D eigenvalue weighted by Crippen LogP contribution is -2.34. The Morgan fingerprint density at radius 3 is 2.41 bits per heavy atom. The molecule has 172 valence electrons. The summed E-state index contributed by atoms with van der Waals surface area (Å²) in [6.45, 7) is 4.85. The molecule has 4 atom stereocenters. The number of hydrogen-bond acceptors (Lipinski definition) is 1. The quantitative estimate of drug-likeness (QED) is 0.396. The molecule has 2 aliphatic rings. The van der Waals surface area contributed by atoms with Crippen LogP contribution < -0.4 is 0 Å². The Bertz CT molecular complexity index is 917. The first-order valence-electron chi connectivity index (χ1n) is 12.4. The molecule has 2 aromatic carbocycles. The normalized spacial score (nSPS) is 25.8. The molecule has 2 aromatic rings. The standard InChI is InChI=1S/C29H36F2O/c1-3-5-6-7-20-8-10-21(11-9-20)26-16-17-27(29(31)28(26)30)24-13-12-23-19-25(32-4-2)15-14-22(23)18-24/h3,5,8-11,16-17,22-25H,4,6-7,12-15,18-19H2,1-2H3/b5-3+. The van der Waals surface area contributed by atoms with Gasteiger partial charge in [-0.1, -0.05) is 48.6 Å². The topological polar surface area (TPSA) is 9.23 Å². The molecule has 0 aliphatic heterocycles. The Balaban J connectivity index is 1.45. The number of benzene rings is 2. The van der Waals surface area contributed by atoms with Crippen LogP contribution in [-0.2, 0) is 11.2 Å². The number of allylic oxidation sites excluding steroid dienone is 2. The summed E-state index contributed by atoms with van der Waals surface area (Å²) in [5, 5.41) is 0. The smallest absolute Gasteiger partial charge is 0.166 e. The third-order valence-corrected chi connectivity index (χ3v) is 7.62. The maximum Gasteiger partial charge on any atom is 0.166 e. The third kappa shape index (κ3) is 5.14. The summed E-state index contributed by atoms with van der Waals surface area (Å²) in [7, 11) is 0. The number of hydrogen-bond donors (Lipinski definition) is 0. The second-order valence-corrected chi connectivity index (χ2v) is 9.56. The number of ether oxygens (including phenoxy) is 1. The zero-order valence-electron chi connectivity index (χ0n) is 19.5. The fraction of sp³-hybridized carbons (Fsp3) is 0.517. The minimum atomic E-state index is -0.702. The number of aryl methyl sites for hydroxylation is 1. The van der Waals surface area contributed by atoms with Gasteiger partial charge in [-0.25, -0.2) is 8.78 Å². The van der Waals surface area contributed by atoms with Crippen LogP contribution in [0.15, 0.2) is 48.6 Å². The van der Waals surface area contributed by atoms with Gasteiger partial charge in [0.1, 0.15) is 0 Å². The van der Waals surface area contributed by atoms with Crippen molar-refractivity contribution in [1.82, 2.24) is 0 Å². The first-order valence-corrected chi connectivity index (χ1v) is 12.4. The van der Waals surface area contributed by atoms with Gasteiger partial charge in [-0.15, -0.1) is 0 Å². The molecule has 0 radical (unpaired) electrons. The number of rotatable bonds is 7. The molecule has 0 bridgehead atoms. The highest BCUT2D eigenvalue weighted by atomic mass is 19.2. The van der Waals surface area contributed by atoms with E-state index in [2.05, 4.69) is 13.0 Å². The maximum absolute atomic E-state index is 15.2. The van der Waals surface area contributed by atoms with Crippen molar-refractivity contribution in [2.45, 2.75) is 77.2 Å². The van der Waals surface area contributed by atoms with Crippen molar-refractivity contribution < 1.29 is 13.5 Å². The van der Waals surface area contributed by atoms with Crippen LogP contribution in [0.3, 0.4) is 0 Å². The van der Waals surface area contributed by atoms with Gasteiger partial charge >= 0.3 is 0 Å². The highest BCUT2D eigenvalue weighted by molar-refractivity contribution is 5.65. The second-order valence-electron chi connectivity index (χ2n) is 9.56. The Kier molecular flexibility index (Phi) is 7.78. The average molecular weight is 439 g/mol. The van der Waals surface area contributed by atoms with Crippen molar-refractivity contribution in [1.29, 1.82) is 0 Å². The molecule has 2 saturated carbocycles. The van der Waals surface area contributed by atoms with E-state index in [9.17, 15) is 0 Å². The van der Waals surface area contributed by atoms with Crippen LogP contribution in [0.5, 0.6) is 0 Å². The minimum absolute atomic E-state index is 0.123. The molecular weight excluding hydrogens is 402 g/mol. The zero-order chi connectivity index (χ0) is 22.5. The number of halogens is 2. The Morgan fingerprint density at radius 2 is 1.66 bits per heavy atom. The average Bonchev–Trinajstić information content (AvgIpc) is 2.81. The van der Waals surface area contributed by atoms with Crippen LogP contribution in [0.4, 0.5) is 8.78 Å². The third-order valence-electron chi connectivity index (χ3n) is 7.62. The van der Waals surface area contributed by atoms with Gasteiger partial charge in [-0.3, -0.25) is 0 Å². The van der Waals surface area contributed by atoms with E-state index in [1.165, 1.54) is 5.56 Å². The van der Waals surface area contributed by atoms with Gasteiger partial charge < -0.3 is 4.74 Å². The lowest BCUT2D eigenvalue weighted by atomic mass is 9.65. The molecule has 1 nitrogen and oxygen atoms in total. The van der Waals surface area contributed by atoms with Crippen molar-refractivity contribution in [3.05, 3.63) is 71.3 Å². The molecule has 0 heterocycles. The highest BCUT2D eigenvalue weighted by Gasteiger charge is 2.37. The molecule has 2 fully saturated rings. The van der Waals surface area contributed by atoms with E-state index in [0.29, 0.717) is 29.1 Å². The Labute approximate surface area is 191 Å². The van der Waals surface area contributed by atoms with Crippen LogP contribution >= 0.6 is 0 Å². The lowest BCUT2D eigenvalue weighted by Gasteiger charge is -2.42. The van der Waals surface area contributed by atoms with Crippen LogP contribution in [0, 0.1) is 23.5 Å². The predicted molar refractivity (Wildman–Crippen MR) is 128 cm³/mol. The largest absolute Gasteiger partial charge is 0.378 e. The van der Waals surface area contributed by atoms with Gasteiger partial charge in [0.2, 0.25) is 0 Å². The van der Waals surface area contributed by atoms with Gasteiger partial charge in [0.15, 0.2) is 11.6 Å². The summed E-state index contributed by atoms with van der Waals surface area (Å²) in [5.41, 5.74) is 2.87. The van der Waals surface area contributed by atoms with E-state index in [1.54, 1.807) is 6.07 Å². The van der Waals surface area contributed by atoms with Crippen LogP contribution in [0.1, 0.15) is 75.8 Å². The van der Waals surface area contributed by atoms with Gasteiger partial charge in [0, 0.05) is 12.2 Å². The first kappa shape index (κ1) is 23.2. The van der Waals surface area contributed by atoms with Gasteiger partial charge in [0.05, 0.1) is 6.10 Å². The van der Waals surface area contributed by atoms with E-state index < -0.39 is 11.6 Å². The summed E-state index contributed by atoms with van der Waals surface area (Å²) in [5.74, 6) is 0.0626. The molecule has 32 heavy (non-hydrogen) atoms. The number of fused-ring (bicyclic) bond motifs is 1.